The summed E-state index contributed by atoms with van der Waals surface area (Å²) in [6.45, 7) is 0. The molecule has 0 saturated heterocycles. The molecule has 0 aliphatic heterocycles. The van der Waals surface area contributed by atoms with E-state index < -0.39 is 30.2 Å². The third-order valence-corrected chi connectivity index (χ3v) is 4.02. The van der Waals surface area contributed by atoms with Crippen molar-refractivity contribution < 1.29 is 19.5 Å². The third kappa shape index (κ3) is 6.24. The average Bonchev–Trinajstić information content (AvgIpc) is 2.38. The van der Waals surface area contributed by atoms with E-state index in [2.05, 4.69) is 5.32 Å². The maximum Gasteiger partial charge on any atom is 0.326 e. The normalized spacial score (nSPS) is 11.7. The Kier molecular flexibility index (Phi) is 6.80. The van der Waals surface area contributed by atoms with Crippen LogP contribution >= 0.6 is 35.0 Å². The van der Waals surface area contributed by atoms with Gasteiger partial charge in [0.05, 0.1) is 17.2 Å². The highest BCUT2D eigenvalue weighted by Gasteiger charge is 2.22. The fraction of sp³-hybridized carbons (Fsp3) is 0.250. The van der Waals surface area contributed by atoms with Gasteiger partial charge in [-0.1, -0.05) is 23.2 Å². The van der Waals surface area contributed by atoms with Crippen molar-refractivity contribution in [3.8, 4) is 0 Å². The number of carbonyl (C=O) groups excluding carboxylic acids is 2. The summed E-state index contributed by atoms with van der Waals surface area (Å²) in [6, 6.07) is 3.46. The number of thioether (sulfide) groups is 1. The summed E-state index contributed by atoms with van der Waals surface area (Å²) in [5.74, 6) is -2.76. The Hall–Kier alpha value is -1.44. The van der Waals surface area contributed by atoms with Gasteiger partial charge in [-0.15, -0.1) is 11.8 Å². The van der Waals surface area contributed by atoms with E-state index in [9.17, 15) is 14.4 Å². The fourth-order valence-corrected chi connectivity index (χ4v) is 2.67. The molecule has 0 bridgehead atoms. The van der Waals surface area contributed by atoms with Gasteiger partial charge >= 0.3 is 5.97 Å². The topological polar surface area (TPSA) is 109 Å². The lowest BCUT2D eigenvalue weighted by Crippen LogP contribution is -2.44. The molecule has 9 heteroatoms. The Labute approximate surface area is 135 Å². The van der Waals surface area contributed by atoms with E-state index in [1.807, 2.05) is 0 Å². The van der Waals surface area contributed by atoms with Crippen LogP contribution in [0.2, 0.25) is 10.0 Å². The maximum atomic E-state index is 11.7. The van der Waals surface area contributed by atoms with Gasteiger partial charge < -0.3 is 16.2 Å². The number of amides is 2. The molecule has 0 fully saturated rings. The highest BCUT2D eigenvalue weighted by Crippen LogP contribution is 2.29. The van der Waals surface area contributed by atoms with Gasteiger partial charge in [0.2, 0.25) is 11.8 Å². The Balaban J connectivity index is 2.58. The SMILES string of the molecule is NC(=O)C[C@@H](NC(=O)CSc1cc(Cl)ccc1Cl)C(=O)O. The number of hydrogen-bond donors (Lipinski definition) is 3. The number of aliphatic carboxylic acids is 1. The molecule has 114 valence electrons. The van der Waals surface area contributed by atoms with Gasteiger partial charge in [0.1, 0.15) is 6.04 Å². The molecular formula is C12H12Cl2N2O4S. The second-order valence-electron chi connectivity index (χ2n) is 3.99. The van der Waals surface area contributed by atoms with Crippen molar-refractivity contribution in [3.63, 3.8) is 0 Å². The highest BCUT2D eigenvalue weighted by atomic mass is 35.5. The van der Waals surface area contributed by atoms with Crippen molar-refractivity contribution >= 4 is 52.7 Å². The zero-order chi connectivity index (χ0) is 16.0. The first-order chi connectivity index (χ1) is 9.79. The van der Waals surface area contributed by atoms with Crippen LogP contribution in [0.4, 0.5) is 0 Å². The molecule has 0 aliphatic carbocycles. The van der Waals surface area contributed by atoms with Crippen LogP contribution in [0.5, 0.6) is 0 Å². The van der Waals surface area contributed by atoms with E-state index in [-0.39, 0.29) is 5.75 Å². The summed E-state index contributed by atoms with van der Waals surface area (Å²) in [6.07, 6.45) is -0.469. The van der Waals surface area contributed by atoms with Crippen molar-refractivity contribution in [3.05, 3.63) is 28.2 Å². The van der Waals surface area contributed by atoms with E-state index >= 15 is 0 Å². The van der Waals surface area contributed by atoms with Crippen LogP contribution < -0.4 is 11.1 Å². The number of carbonyl (C=O) groups is 3. The average molecular weight is 351 g/mol. The van der Waals surface area contributed by atoms with E-state index in [4.69, 9.17) is 34.0 Å². The lowest BCUT2D eigenvalue weighted by atomic mass is 10.2. The number of hydrogen-bond acceptors (Lipinski definition) is 4. The zero-order valence-corrected chi connectivity index (χ0v) is 13.0. The van der Waals surface area contributed by atoms with E-state index in [1.165, 1.54) is 0 Å². The van der Waals surface area contributed by atoms with Crippen LogP contribution in [0, 0.1) is 0 Å². The second-order valence-corrected chi connectivity index (χ2v) is 5.85. The van der Waals surface area contributed by atoms with Crippen molar-refractivity contribution in [2.24, 2.45) is 5.73 Å². The number of carboxylic acids is 1. The van der Waals surface area contributed by atoms with Gasteiger partial charge in [-0.05, 0) is 18.2 Å². The Morgan fingerprint density at radius 1 is 1.33 bits per heavy atom. The lowest BCUT2D eigenvalue weighted by molar-refractivity contribution is -0.143. The predicted octanol–water partition coefficient (Wildman–Crippen LogP) is 1.53. The molecule has 0 aliphatic rings. The van der Waals surface area contributed by atoms with Gasteiger partial charge in [-0.3, -0.25) is 9.59 Å². The molecular weight excluding hydrogens is 339 g/mol. The van der Waals surface area contributed by atoms with E-state index in [1.54, 1.807) is 18.2 Å². The van der Waals surface area contributed by atoms with Gasteiger partial charge in [-0.2, -0.15) is 0 Å². The fourth-order valence-electron chi connectivity index (χ4n) is 1.37. The third-order valence-electron chi connectivity index (χ3n) is 2.29. The monoisotopic (exact) mass is 350 g/mol. The summed E-state index contributed by atoms with van der Waals surface area (Å²) in [5.41, 5.74) is 4.92. The molecule has 6 nitrogen and oxygen atoms in total. The molecule has 0 spiro atoms. The first-order valence-electron chi connectivity index (χ1n) is 5.68. The van der Waals surface area contributed by atoms with Crippen LogP contribution in [0.3, 0.4) is 0 Å². The van der Waals surface area contributed by atoms with Crippen molar-refractivity contribution in [2.45, 2.75) is 17.4 Å². The summed E-state index contributed by atoms with van der Waals surface area (Å²) in [4.78, 5) is 33.9. The minimum Gasteiger partial charge on any atom is -0.480 e. The Bertz CT molecular complexity index is 568. The number of carboxylic acid groups (broad SMARTS) is 1. The molecule has 0 aromatic heterocycles. The molecule has 1 aromatic carbocycles. The summed E-state index contributed by atoms with van der Waals surface area (Å²) < 4.78 is 0. The summed E-state index contributed by atoms with van der Waals surface area (Å²) in [7, 11) is 0. The Morgan fingerprint density at radius 3 is 2.57 bits per heavy atom. The van der Waals surface area contributed by atoms with Gasteiger partial charge in [0, 0.05) is 9.92 Å². The van der Waals surface area contributed by atoms with Crippen LogP contribution in [0.15, 0.2) is 23.1 Å². The molecule has 0 radical (unpaired) electrons. The zero-order valence-electron chi connectivity index (χ0n) is 10.6. The minimum atomic E-state index is -1.34. The highest BCUT2D eigenvalue weighted by molar-refractivity contribution is 8.00. The molecule has 0 saturated carbocycles. The lowest BCUT2D eigenvalue weighted by Gasteiger charge is -2.12. The molecule has 1 aromatic rings. The van der Waals surface area contributed by atoms with Gasteiger partial charge in [0.25, 0.3) is 0 Å². The molecule has 1 rings (SSSR count). The number of nitrogens with one attached hydrogen (secondary N) is 1. The van der Waals surface area contributed by atoms with Crippen molar-refractivity contribution in [1.29, 1.82) is 0 Å². The summed E-state index contributed by atoms with van der Waals surface area (Å²) >= 11 is 12.9. The first kappa shape index (κ1) is 17.6. The maximum absolute atomic E-state index is 11.7. The van der Waals surface area contributed by atoms with Crippen molar-refractivity contribution in [1.82, 2.24) is 5.32 Å². The molecule has 0 heterocycles. The van der Waals surface area contributed by atoms with Crippen molar-refractivity contribution in [2.75, 3.05) is 5.75 Å². The molecule has 21 heavy (non-hydrogen) atoms. The van der Waals surface area contributed by atoms with Crippen LogP contribution in [0.25, 0.3) is 0 Å². The molecule has 1 atom stereocenters. The van der Waals surface area contributed by atoms with Gasteiger partial charge in [0.15, 0.2) is 0 Å². The van der Waals surface area contributed by atoms with Crippen LogP contribution in [-0.2, 0) is 14.4 Å². The summed E-state index contributed by atoms with van der Waals surface area (Å²) in [5, 5.41) is 12.0. The van der Waals surface area contributed by atoms with Crippen LogP contribution in [0.1, 0.15) is 6.42 Å². The number of benzene rings is 1. The quantitative estimate of drug-likeness (QED) is 0.646. The standard InChI is InChI=1S/C12H12Cl2N2O4S/c13-6-1-2-7(14)9(3-6)21-5-11(18)16-8(12(19)20)4-10(15)17/h1-3,8H,4-5H2,(H2,15,17)(H,16,18)(H,19,20)/t8-/m1/s1. The minimum absolute atomic E-state index is 0.0669. The first-order valence-corrected chi connectivity index (χ1v) is 7.42. The second kappa shape index (κ2) is 8.11. The number of primary amides is 1. The van der Waals surface area contributed by atoms with Gasteiger partial charge in [-0.25, -0.2) is 4.79 Å². The van der Waals surface area contributed by atoms with E-state index in [0.717, 1.165) is 11.8 Å². The predicted molar refractivity (Wildman–Crippen MR) is 80.6 cm³/mol. The number of halogens is 2. The van der Waals surface area contributed by atoms with E-state index in [0.29, 0.717) is 14.9 Å². The largest absolute Gasteiger partial charge is 0.480 e. The molecule has 0 unspecified atom stereocenters. The smallest absolute Gasteiger partial charge is 0.326 e. The number of rotatable bonds is 7. The number of nitrogens with two attached hydrogens (primary N) is 1. The molecule has 4 N–H and O–H groups in total. The Morgan fingerprint density at radius 2 is 2.00 bits per heavy atom. The van der Waals surface area contributed by atoms with Crippen LogP contribution in [-0.4, -0.2) is 34.7 Å². The molecule has 2 amide bonds.